The summed E-state index contributed by atoms with van der Waals surface area (Å²) in [5.74, 6) is -0.591. The van der Waals surface area contributed by atoms with Crippen LogP contribution in [0.2, 0.25) is 0 Å². The molecule has 0 aliphatic rings. The number of nitro benzene ring substituents is 1. The molecular formula is C11H13ClN2O4S. The van der Waals surface area contributed by atoms with Gasteiger partial charge in [0.05, 0.1) is 4.92 Å². The van der Waals surface area contributed by atoms with E-state index in [-0.39, 0.29) is 17.5 Å². The van der Waals surface area contributed by atoms with Crippen molar-refractivity contribution in [3.8, 4) is 0 Å². The third-order valence-corrected chi connectivity index (χ3v) is 4.00. The summed E-state index contributed by atoms with van der Waals surface area (Å²) in [4.78, 5) is 21.4. The van der Waals surface area contributed by atoms with Gasteiger partial charge in [-0.25, -0.2) is 0 Å². The molecule has 1 rings (SSSR count). The van der Waals surface area contributed by atoms with Crippen molar-refractivity contribution >= 4 is 35.0 Å². The Labute approximate surface area is 119 Å². The highest BCUT2D eigenvalue weighted by atomic mass is 35.5. The van der Waals surface area contributed by atoms with Crippen LogP contribution in [0.1, 0.15) is 6.42 Å². The SMILES string of the molecule is NC(CC(Cl)CSc1ccc([N+](=O)[O-])cc1)C(=O)O. The molecule has 19 heavy (non-hydrogen) atoms. The highest BCUT2D eigenvalue weighted by Crippen LogP contribution is 2.24. The van der Waals surface area contributed by atoms with Gasteiger partial charge in [0.2, 0.25) is 0 Å². The molecule has 0 bridgehead atoms. The maximum absolute atomic E-state index is 10.6. The van der Waals surface area contributed by atoms with Crippen LogP contribution in [0.3, 0.4) is 0 Å². The van der Waals surface area contributed by atoms with Crippen LogP contribution >= 0.6 is 23.4 Å². The standard InChI is InChI=1S/C11H13ClN2O4S/c12-7(5-10(13)11(15)16)6-19-9-3-1-8(2-4-9)14(17)18/h1-4,7,10H,5-6,13H2,(H,15,16). The van der Waals surface area contributed by atoms with Crippen molar-refractivity contribution in [3.63, 3.8) is 0 Å². The van der Waals surface area contributed by atoms with Crippen LogP contribution in [0.5, 0.6) is 0 Å². The van der Waals surface area contributed by atoms with E-state index in [1.807, 2.05) is 0 Å². The Morgan fingerprint density at radius 3 is 2.53 bits per heavy atom. The first-order valence-electron chi connectivity index (χ1n) is 5.40. The molecule has 1 aromatic carbocycles. The first-order chi connectivity index (χ1) is 8.90. The molecule has 0 aliphatic heterocycles. The number of nitrogens with two attached hydrogens (primary N) is 1. The van der Waals surface area contributed by atoms with Gasteiger partial charge in [0, 0.05) is 28.2 Å². The summed E-state index contributed by atoms with van der Waals surface area (Å²) in [6, 6.07) is 5.11. The smallest absolute Gasteiger partial charge is 0.320 e. The van der Waals surface area contributed by atoms with Crippen molar-refractivity contribution in [1.29, 1.82) is 0 Å². The monoisotopic (exact) mass is 304 g/mol. The van der Waals surface area contributed by atoms with E-state index < -0.39 is 16.9 Å². The third kappa shape index (κ3) is 5.46. The Kier molecular flexibility index (Phi) is 6.07. The van der Waals surface area contributed by atoms with Crippen LogP contribution in [-0.4, -0.2) is 33.2 Å². The van der Waals surface area contributed by atoms with Gasteiger partial charge >= 0.3 is 5.97 Å². The molecule has 8 heteroatoms. The van der Waals surface area contributed by atoms with Crippen molar-refractivity contribution in [2.75, 3.05) is 5.75 Å². The number of carboxylic acids is 1. The number of hydrogen-bond acceptors (Lipinski definition) is 5. The van der Waals surface area contributed by atoms with E-state index in [9.17, 15) is 14.9 Å². The number of hydrogen-bond donors (Lipinski definition) is 2. The zero-order valence-electron chi connectivity index (χ0n) is 9.86. The first-order valence-corrected chi connectivity index (χ1v) is 6.82. The number of carboxylic acid groups (broad SMARTS) is 1. The molecule has 0 radical (unpaired) electrons. The van der Waals surface area contributed by atoms with Gasteiger partial charge in [-0.2, -0.15) is 0 Å². The van der Waals surface area contributed by atoms with Gasteiger partial charge in [-0.05, 0) is 18.6 Å². The third-order valence-electron chi connectivity index (χ3n) is 2.31. The van der Waals surface area contributed by atoms with E-state index in [2.05, 4.69) is 0 Å². The Bertz CT molecular complexity index is 455. The number of alkyl halides is 1. The Morgan fingerprint density at radius 2 is 2.05 bits per heavy atom. The molecule has 0 amide bonds. The number of aliphatic carboxylic acids is 1. The minimum Gasteiger partial charge on any atom is -0.480 e. The fraction of sp³-hybridized carbons (Fsp3) is 0.364. The molecule has 2 unspecified atom stereocenters. The Balaban J connectivity index is 2.43. The summed E-state index contributed by atoms with van der Waals surface area (Å²) in [6.07, 6.45) is 0.177. The van der Waals surface area contributed by atoms with E-state index in [1.165, 1.54) is 23.9 Å². The molecule has 6 nitrogen and oxygen atoms in total. The molecule has 3 N–H and O–H groups in total. The molecule has 0 aliphatic carbocycles. The van der Waals surface area contributed by atoms with E-state index in [0.717, 1.165) is 4.90 Å². The minimum absolute atomic E-state index is 0.0275. The summed E-state index contributed by atoms with van der Waals surface area (Å²) in [7, 11) is 0. The molecule has 0 aromatic heterocycles. The molecular weight excluding hydrogens is 292 g/mol. The van der Waals surface area contributed by atoms with Crippen LogP contribution in [0, 0.1) is 10.1 Å². The van der Waals surface area contributed by atoms with Gasteiger partial charge in [0.1, 0.15) is 6.04 Å². The van der Waals surface area contributed by atoms with E-state index >= 15 is 0 Å². The first kappa shape index (κ1) is 15.7. The molecule has 1 aromatic rings. The Hall–Kier alpha value is -1.31. The number of benzene rings is 1. The topological polar surface area (TPSA) is 106 Å². The van der Waals surface area contributed by atoms with E-state index in [1.54, 1.807) is 12.1 Å². The van der Waals surface area contributed by atoms with Crippen molar-refractivity contribution < 1.29 is 14.8 Å². The molecule has 104 valence electrons. The lowest BCUT2D eigenvalue weighted by Gasteiger charge is -2.11. The quantitative estimate of drug-likeness (QED) is 0.346. The second-order valence-electron chi connectivity index (χ2n) is 3.84. The summed E-state index contributed by atoms with van der Waals surface area (Å²) >= 11 is 7.38. The average molecular weight is 305 g/mol. The fourth-order valence-electron chi connectivity index (χ4n) is 1.30. The molecule has 0 fully saturated rings. The largest absolute Gasteiger partial charge is 0.480 e. The molecule has 0 heterocycles. The zero-order chi connectivity index (χ0) is 14.4. The summed E-state index contributed by atoms with van der Waals surface area (Å²) in [5, 5.41) is 18.7. The van der Waals surface area contributed by atoms with Crippen molar-refractivity contribution in [2.45, 2.75) is 22.7 Å². The van der Waals surface area contributed by atoms with Gasteiger partial charge in [0.15, 0.2) is 0 Å². The van der Waals surface area contributed by atoms with E-state index in [4.69, 9.17) is 22.4 Å². The summed E-state index contributed by atoms with van der Waals surface area (Å²) < 4.78 is 0. The zero-order valence-corrected chi connectivity index (χ0v) is 11.4. The van der Waals surface area contributed by atoms with Gasteiger partial charge < -0.3 is 10.8 Å². The highest BCUT2D eigenvalue weighted by Gasteiger charge is 2.17. The number of non-ortho nitro benzene ring substituents is 1. The summed E-state index contributed by atoms with van der Waals surface area (Å²) in [5.41, 5.74) is 5.40. The van der Waals surface area contributed by atoms with Gasteiger partial charge in [-0.15, -0.1) is 23.4 Å². The minimum atomic E-state index is -1.08. The van der Waals surface area contributed by atoms with Crippen molar-refractivity contribution in [1.82, 2.24) is 0 Å². The lowest BCUT2D eigenvalue weighted by atomic mass is 10.2. The van der Waals surface area contributed by atoms with E-state index in [0.29, 0.717) is 5.75 Å². The second-order valence-corrected chi connectivity index (χ2v) is 5.55. The normalized spacial score (nSPS) is 13.8. The van der Waals surface area contributed by atoms with Gasteiger partial charge in [-0.1, -0.05) is 0 Å². The number of rotatable bonds is 7. The second kappa shape index (κ2) is 7.32. The molecule has 2 atom stereocenters. The molecule has 0 saturated heterocycles. The fourth-order valence-corrected chi connectivity index (χ4v) is 2.51. The highest BCUT2D eigenvalue weighted by molar-refractivity contribution is 7.99. The molecule has 0 spiro atoms. The van der Waals surface area contributed by atoms with Crippen LogP contribution in [0.4, 0.5) is 5.69 Å². The van der Waals surface area contributed by atoms with Crippen molar-refractivity contribution in [2.24, 2.45) is 5.73 Å². The van der Waals surface area contributed by atoms with Crippen LogP contribution < -0.4 is 5.73 Å². The number of thioether (sulfide) groups is 1. The number of carbonyl (C=O) groups is 1. The van der Waals surface area contributed by atoms with Crippen LogP contribution in [-0.2, 0) is 4.79 Å². The lowest BCUT2D eigenvalue weighted by Crippen LogP contribution is -2.33. The van der Waals surface area contributed by atoms with Gasteiger partial charge in [0.25, 0.3) is 5.69 Å². The maximum Gasteiger partial charge on any atom is 0.320 e. The lowest BCUT2D eigenvalue weighted by molar-refractivity contribution is -0.384. The maximum atomic E-state index is 10.6. The number of nitrogens with zero attached hydrogens (tertiary/aromatic N) is 1. The van der Waals surface area contributed by atoms with Crippen LogP contribution in [0.15, 0.2) is 29.2 Å². The van der Waals surface area contributed by atoms with Crippen molar-refractivity contribution in [3.05, 3.63) is 34.4 Å². The molecule has 0 saturated carbocycles. The predicted octanol–water partition coefficient (Wildman–Crippen LogP) is 2.10. The number of nitro groups is 1. The average Bonchev–Trinajstić information content (AvgIpc) is 2.36. The van der Waals surface area contributed by atoms with Crippen LogP contribution in [0.25, 0.3) is 0 Å². The number of halogens is 1. The Morgan fingerprint density at radius 1 is 1.47 bits per heavy atom. The summed E-state index contributed by atoms with van der Waals surface area (Å²) in [6.45, 7) is 0. The predicted molar refractivity (Wildman–Crippen MR) is 73.7 cm³/mol. The van der Waals surface area contributed by atoms with Gasteiger partial charge in [-0.3, -0.25) is 14.9 Å².